The van der Waals surface area contributed by atoms with Crippen molar-refractivity contribution < 1.29 is 17.9 Å². The van der Waals surface area contributed by atoms with Crippen LogP contribution in [-0.2, 0) is 10.3 Å². The van der Waals surface area contributed by atoms with Gasteiger partial charge >= 0.3 is 6.18 Å². The van der Waals surface area contributed by atoms with E-state index in [4.69, 9.17) is 4.74 Å². The van der Waals surface area contributed by atoms with Gasteiger partial charge in [0.15, 0.2) is 5.60 Å². The molecule has 1 fully saturated rings. The van der Waals surface area contributed by atoms with Gasteiger partial charge in [-0.05, 0) is 41.0 Å². The monoisotopic (exact) mass is 500 g/mol. The first-order chi connectivity index (χ1) is 17.8. The van der Waals surface area contributed by atoms with Crippen LogP contribution >= 0.6 is 0 Å². The van der Waals surface area contributed by atoms with E-state index in [0.717, 1.165) is 27.7 Å². The summed E-state index contributed by atoms with van der Waals surface area (Å²) >= 11 is 0. The first-order valence-corrected chi connectivity index (χ1v) is 11.5. The van der Waals surface area contributed by atoms with Gasteiger partial charge in [-0.15, -0.1) is 10.2 Å². The molecule has 0 saturated carbocycles. The standard InChI is InChI=1S/C27H19F3N6O/c1-35(25-34-33-24-32-16-20-6-5-17(15-31)13-23(20)36(24)25)22-4-2-3-19(14-22)18-7-9-21(10-8-18)26(11-12-37-26)27(28,29)30/h2-10,13-14,16H,11-12H2,1H3. The predicted octanol–water partition coefficient (Wildman–Crippen LogP) is 5.76. The lowest BCUT2D eigenvalue weighted by molar-refractivity contribution is -0.333. The molecule has 0 radical (unpaired) electrons. The van der Waals surface area contributed by atoms with E-state index in [1.807, 2.05) is 42.3 Å². The number of alkyl halides is 3. The number of anilines is 2. The van der Waals surface area contributed by atoms with Crippen LogP contribution in [0, 0.1) is 11.3 Å². The quantitative estimate of drug-likeness (QED) is 0.312. The predicted molar refractivity (Wildman–Crippen MR) is 131 cm³/mol. The fourth-order valence-electron chi connectivity index (χ4n) is 4.69. The fourth-order valence-corrected chi connectivity index (χ4v) is 4.69. The lowest BCUT2D eigenvalue weighted by atomic mass is 9.85. The average molecular weight is 500 g/mol. The number of hydrogen-bond acceptors (Lipinski definition) is 6. The Morgan fingerprint density at radius 1 is 1.03 bits per heavy atom. The summed E-state index contributed by atoms with van der Waals surface area (Å²) in [6.45, 7) is 0.0928. The minimum Gasteiger partial charge on any atom is -0.361 e. The van der Waals surface area contributed by atoms with Crippen molar-refractivity contribution in [2.45, 2.75) is 18.2 Å². The Labute approximate surface area is 209 Å². The summed E-state index contributed by atoms with van der Waals surface area (Å²) in [6.07, 6.45) is -2.86. The van der Waals surface area contributed by atoms with Crippen molar-refractivity contribution >= 4 is 28.3 Å². The Bertz CT molecular complexity index is 1680. The summed E-state index contributed by atoms with van der Waals surface area (Å²) in [5, 5.41) is 18.7. The number of nitrogens with zero attached hydrogens (tertiary/aromatic N) is 6. The summed E-state index contributed by atoms with van der Waals surface area (Å²) < 4.78 is 47.7. The van der Waals surface area contributed by atoms with Gasteiger partial charge in [-0.1, -0.05) is 42.5 Å². The summed E-state index contributed by atoms with van der Waals surface area (Å²) in [4.78, 5) is 6.22. The zero-order chi connectivity index (χ0) is 25.8. The largest absolute Gasteiger partial charge is 0.421 e. The summed E-state index contributed by atoms with van der Waals surface area (Å²) in [7, 11) is 1.84. The minimum absolute atomic E-state index is 0.0815. The summed E-state index contributed by atoms with van der Waals surface area (Å²) in [5.74, 6) is 0.901. The van der Waals surface area contributed by atoms with Crippen molar-refractivity contribution in [3.63, 3.8) is 0 Å². The second-order valence-corrected chi connectivity index (χ2v) is 8.89. The van der Waals surface area contributed by atoms with Gasteiger partial charge in [-0.25, -0.2) is 9.38 Å². The molecule has 37 heavy (non-hydrogen) atoms. The van der Waals surface area contributed by atoms with Crippen LogP contribution in [-0.4, -0.2) is 39.4 Å². The molecule has 7 nitrogen and oxygen atoms in total. The van der Waals surface area contributed by atoms with Crippen LogP contribution in [0.5, 0.6) is 0 Å². The number of ether oxygens (including phenoxy) is 1. The number of halogens is 3. The van der Waals surface area contributed by atoms with E-state index < -0.39 is 11.8 Å². The smallest absolute Gasteiger partial charge is 0.361 e. The number of benzene rings is 3. The van der Waals surface area contributed by atoms with Gasteiger partial charge in [0.2, 0.25) is 5.95 Å². The molecule has 2 aromatic heterocycles. The van der Waals surface area contributed by atoms with Crippen LogP contribution in [0.4, 0.5) is 24.8 Å². The molecule has 10 heteroatoms. The molecule has 1 aliphatic heterocycles. The minimum atomic E-state index is -4.47. The topological polar surface area (TPSA) is 79.3 Å². The molecule has 3 heterocycles. The molecule has 1 saturated heterocycles. The highest BCUT2D eigenvalue weighted by molar-refractivity contribution is 5.83. The van der Waals surface area contributed by atoms with Crippen molar-refractivity contribution in [2.75, 3.05) is 18.6 Å². The van der Waals surface area contributed by atoms with E-state index in [2.05, 4.69) is 21.3 Å². The SMILES string of the molecule is CN(c1cccc(-c2ccc(C3(C(F)(F)F)CCO3)cc2)c1)c1nnc2ncc3ccc(C#N)cc3n12. The fraction of sp³-hybridized carbons (Fsp3) is 0.185. The van der Waals surface area contributed by atoms with Crippen LogP contribution in [0.3, 0.4) is 0 Å². The molecule has 0 spiro atoms. The second-order valence-electron chi connectivity index (χ2n) is 8.89. The Kier molecular flexibility index (Phi) is 5.14. The number of fused-ring (bicyclic) bond motifs is 3. The molecule has 0 N–H and O–H groups in total. The van der Waals surface area contributed by atoms with Crippen molar-refractivity contribution in [3.05, 3.63) is 84.1 Å². The van der Waals surface area contributed by atoms with Gasteiger partial charge in [-0.3, -0.25) is 0 Å². The molecule has 1 unspecified atom stereocenters. The van der Waals surface area contributed by atoms with E-state index in [-0.39, 0.29) is 18.6 Å². The Morgan fingerprint density at radius 3 is 2.49 bits per heavy atom. The number of aromatic nitrogens is 4. The molecule has 0 amide bonds. The lowest BCUT2D eigenvalue weighted by Crippen LogP contribution is -2.52. The molecule has 1 aliphatic rings. The zero-order valence-electron chi connectivity index (χ0n) is 19.6. The zero-order valence-corrected chi connectivity index (χ0v) is 19.6. The summed E-state index contributed by atoms with van der Waals surface area (Å²) in [6, 6.07) is 21.4. The van der Waals surface area contributed by atoms with E-state index in [0.29, 0.717) is 17.3 Å². The number of rotatable bonds is 4. The van der Waals surface area contributed by atoms with Gasteiger partial charge in [0.05, 0.1) is 23.8 Å². The first kappa shape index (κ1) is 22.9. The van der Waals surface area contributed by atoms with Crippen molar-refractivity contribution in [2.24, 2.45) is 0 Å². The van der Waals surface area contributed by atoms with Crippen LogP contribution in [0.1, 0.15) is 17.5 Å². The number of nitriles is 1. The van der Waals surface area contributed by atoms with Crippen molar-refractivity contribution in [3.8, 4) is 17.2 Å². The lowest BCUT2D eigenvalue weighted by Gasteiger charge is -2.43. The van der Waals surface area contributed by atoms with E-state index in [9.17, 15) is 18.4 Å². The van der Waals surface area contributed by atoms with Gasteiger partial charge in [-0.2, -0.15) is 18.4 Å². The average Bonchev–Trinajstić information content (AvgIpc) is 3.32. The Balaban J connectivity index is 1.37. The molecule has 6 rings (SSSR count). The van der Waals surface area contributed by atoms with Crippen molar-refractivity contribution in [1.29, 1.82) is 5.26 Å². The maximum absolute atomic E-state index is 13.6. The van der Waals surface area contributed by atoms with Crippen LogP contribution in [0.25, 0.3) is 27.8 Å². The van der Waals surface area contributed by atoms with Gasteiger partial charge in [0.1, 0.15) is 0 Å². The first-order valence-electron chi connectivity index (χ1n) is 11.5. The molecular formula is C27H19F3N6O. The van der Waals surface area contributed by atoms with Crippen molar-refractivity contribution in [1.82, 2.24) is 19.6 Å². The van der Waals surface area contributed by atoms with E-state index >= 15 is 0 Å². The number of hydrogen-bond donors (Lipinski definition) is 0. The molecule has 1 atom stereocenters. The highest BCUT2D eigenvalue weighted by atomic mass is 19.4. The second kappa shape index (κ2) is 8.28. The van der Waals surface area contributed by atoms with Crippen LogP contribution in [0.2, 0.25) is 0 Å². The molecule has 3 aromatic carbocycles. The molecular weight excluding hydrogens is 481 g/mol. The maximum Gasteiger partial charge on any atom is 0.421 e. The summed E-state index contributed by atoms with van der Waals surface area (Å²) in [5.41, 5.74) is 1.53. The maximum atomic E-state index is 13.6. The molecule has 5 aromatic rings. The third kappa shape index (κ3) is 3.58. The normalized spacial score (nSPS) is 17.5. The van der Waals surface area contributed by atoms with Crippen LogP contribution < -0.4 is 4.90 Å². The highest BCUT2D eigenvalue weighted by Gasteiger charge is 2.61. The van der Waals surface area contributed by atoms with Gasteiger partial charge < -0.3 is 9.64 Å². The van der Waals surface area contributed by atoms with Gasteiger partial charge in [0, 0.05) is 30.7 Å². The highest BCUT2D eigenvalue weighted by Crippen LogP contribution is 2.50. The molecule has 0 aliphatic carbocycles. The van der Waals surface area contributed by atoms with Gasteiger partial charge in [0.25, 0.3) is 5.78 Å². The third-order valence-corrected chi connectivity index (χ3v) is 6.83. The third-order valence-electron chi connectivity index (χ3n) is 6.83. The van der Waals surface area contributed by atoms with E-state index in [1.165, 1.54) is 12.1 Å². The Morgan fingerprint density at radius 2 is 1.81 bits per heavy atom. The Hall–Kier alpha value is -4.49. The van der Waals surface area contributed by atoms with E-state index in [1.54, 1.807) is 34.9 Å². The molecule has 184 valence electrons. The molecule has 0 bridgehead atoms. The van der Waals surface area contributed by atoms with Crippen LogP contribution in [0.15, 0.2) is 72.9 Å².